The Morgan fingerprint density at radius 3 is 1.82 bits per heavy atom. The van der Waals surface area contributed by atoms with Gasteiger partial charge < -0.3 is 9.47 Å². The number of hydrogen-bond donors (Lipinski definition) is 0. The van der Waals surface area contributed by atoms with Gasteiger partial charge in [-0.15, -0.1) is 26.3 Å². The minimum absolute atomic E-state index is 0.121. The topological polar surface area (TPSA) is 18.5 Å². The molecule has 8 heteroatoms. The molecule has 1 aromatic rings. The minimum Gasteiger partial charge on any atom is -0.406 e. The number of halogens is 6. The van der Waals surface area contributed by atoms with Gasteiger partial charge in [0.15, 0.2) is 0 Å². The summed E-state index contributed by atoms with van der Waals surface area (Å²) < 4.78 is 78.1. The zero-order valence-corrected chi connectivity index (χ0v) is 8.32. The van der Waals surface area contributed by atoms with E-state index in [0.717, 1.165) is 18.2 Å². The summed E-state index contributed by atoms with van der Waals surface area (Å²) in [6.45, 7) is 1.17. The summed E-state index contributed by atoms with van der Waals surface area (Å²) in [6, 6.07) is 2.29. The van der Waals surface area contributed by atoms with Gasteiger partial charge in [0.05, 0.1) is 0 Å². The van der Waals surface area contributed by atoms with Gasteiger partial charge in [-0.3, -0.25) is 0 Å². The summed E-state index contributed by atoms with van der Waals surface area (Å²) in [7, 11) is 0. The van der Waals surface area contributed by atoms with Crippen molar-refractivity contribution in [2.45, 2.75) is 19.6 Å². The molecule has 0 heterocycles. The van der Waals surface area contributed by atoms with Crippen molar-refractivity contribution in [3.63, 3.8) is 0 Å². The Morgan fingerprint density at radius 1 is 0.882 bits per heavy atom. The van der Waals surface area contributed by atoms with Gasteiger partial charge in [0.1, 0.15) is 11.5 Å². The Hall–Kier alpha value is -1.60. The maximum Gasteiger partial charge on any atom is 0.573 e. The fourth-order valence-electron chi connectivity index (χ4n) is 1.06. The standard InChI is InChI=1S/C9H6F6O2/c1-5-4-6(16-8(10,11)12)2-3-7(5)17-9(13,14)15/h2-4H,1H3. The molecule has 0 N–H and O–H groups in total. The smallest absolute Gasteiger partial charge is 0.406 e. The van der Waals surface area contributed by atoms with Crippen LogP contribution in [0.4, 0.5) is 26.3 Å². The zero-order chi connectivity index (χ0) is 13.3. The highest BCUT2D eigenvalue weighted by Crippen LogP contribution is 2.30. The molecule has 0 atom stereocenters. The third-order valence-electron chi connectivity index (χ3n) is 1.61. The Morgan fingerprint density at radius 2 is 1.41 bits per heavy atom. The average Bonchev–Trinajstić information content (AvgIpc) is 2.05. The summed E-state index contributed by atoms with van der Waals surface area (Å²) in [4.78, 5) is 0. The lowest BCUT2D eigenvalue weighted by Crippen LogP contribution is -2.19. The molecule has 0 aliphatic rings. The summed E-state index contributed by atoms with van der Waals surface area (Å²) >= 11 is 0. The van der Waals surface area contributed by atoms with Crippen molar-refractivity contribution < 1.29 is 35.8 Å². The van der Waals surface area contributed by atoms with E-state index in [0.29, 0.717) is 0 Å². The molecule has 1 aromatic carbocycles. The van der Waals surface area contributed by atoms with Gasteiger partial charge in [-0.05, 0) is 30.7 Å². The predicted molar refractivity (Wildman–Crippen MR) is 44.5 cm³/mol. The highest BCUT2D eigenvalue weighted by atomic mass is 19.4. The van der Waals surface area contributed by atoms with Gasteiger partial charge in [-0.1, -0.05) is 0 Å². The first-order valence-electron chi connectivity index (χ1n) is 4.19. The second kappa shape index (κ2) is 4.34. The number of alkyl halides is 6. The van der Waals surface area contributed by atoms with Gasteiger partial charge in [0, 0.05) is 0 Å². The lowest BCUT2D eigenvalue weighted by atomic mass is 10.2. The van der Waals surface area contributed by atoms with Gasteiger partial charge in [0.2, 0.25) is 0 Å². The molecule has 0 unspecified atom stereocenters. The van der Waals surface area contributed by atoms with Crippen LogP contribution in [0, 0.1) is 6.92 Å². The number of benzene rings is 1. The van der Waals surface area contributed by atoms with Gasteiger partial charge in [-0.2, -0.15) is 0 Å². The summed E-state index contributed by atoms with van der Waals surface area (Å²) in [5.41, 5.74) is -0.121. The quantitative estimate of drug-likeness (QED) is 0.753. The molecule has 0 aliphatic carbocycles. The number of rotatable bonds is 2. The second-order valence-electron chi connectivity index (χ2n) is 3.02. The molecule has 1 rings (SSSR count). The Balaban J connectivity index is 2.87. The van der Waals surface area contributed by atoms with E-state index in [1.807, 2.05) is 0 Å². The van der Waals surface area contributed by atoms with E-state index in [1.54, 1.807) is 0 Å². The van der Waals surface area contributed by atoms with E-state index in [4.69, 9.17) is 0 Å². The van der Waals surface area contributed by atoms with E-state index in [2.05, 4.69) is 9.47 Å². The molecular formula is C9H6F6O2. The van der Waals surface area contributed by atoms with Crippen LogP contribution < -0.4 is 9.47 Å². The van der Waals surface area contributed by atoms with E-state index in [-0.39, 0.29) is 5.56 Å². The molecule has 0 radical (unpaired) electrons. The SMILES string of the molecule is Cc1cc(OC(F)(F)F)ccc1OC(F)(F)F. The highest BCUT2D eigenvalue weighted by molar-refractivity contribution is 5.39. The van der Waals surface area contributed by atoms with Crippen LogP contribution in [0.1, 0.15) is 5.56 Å². The van der Waals surface area contributed by atoms with Crippen molar-refractivity contribution in [1.29, 1.82) is 0 Å². The molecule has 96 valence electrons. The molecule has 0 amide bonds. The Bertz CT molecular complexity index is 395. The predicted octanol–water partition coefficient (Wildman–Crippen LogP) is 3.79. The third-order valence-corrected chi connectivity index (χ3v) is 1.61. The van der Waals surface area contributed by atoms with E-state index in [9.17, 15) is 26.3 Å². The van der Waals surface area contributed by atoms with Crippen LogP contribution in [0.2, 0.25) is 0 Å². The van der Waals surface area contributed by atoms with E-state index < -0.39 is 24.2 Å². The molecule has 0 aromatic heterocycles. The average molecular weight is 260 g/mol. The molecule has 0 saturated carbocycles. The van der Waals surface area contributed by atoms with Crippen LogP contribution in [-0.4, -0.2) is 12.7 Å². The van der Waals surface area contributed by atoms with Crippen LogP contribution in [0.3, 0.4) is 0 Å². The molecule has 2 nitrogen and oxygen atoms in total. The van der Waals surface area contributed by atoms with Gasteiger partial charge in [0.25, 0.3) is 0 Å². The molecule has 0 aliphatic heterocycles. The van der Waals surface area contributed by atoms with Crippen LogP contribution in [0.5, 0.6) is 11.5 Å². The maximum absolute atomic E-state index is 11.9. The maximum atomic E-state index is 11.9. The minimum atomic E-state index is -4.89. The van der Waals surface area contributed by atoms with Crippen molar-refractivity contribution in [2.24, 2.45) is 0 Å². The fraction of sp³-hybridized carbons (Fsp3) is 0.333. The molecular weight excluding hydrogens is 254 g/mol. The van der Waals surface area contributed by atoms with E-state index in [1.165, 1.54) is 6.92 Å². The number of hydrogen-bond acceptors (Lipinski definition) is 2. The van der Waals surface area contributed by atoms with Crippen molar-refractivity contribution in [2.75, 3.05) is 0 Å². The lowest BCUT2D eigenvalue weighted by Gasteiger charge is -2.13. The summed E-state index contributed by atoms with van der Waals surface area (Å²) in [6.07, 6.45) is -9.78. The first-order valence-corrected chi connectivity index (χ1v) is 4.19. The zero-order valence-electron chi connectivity index (χ0n) is 8.32. The fourth-order valence-corrected chi connectivity index (χ4v) is 1.06. The number of ether oxygens (including phenoxy) is 2. The summed E-state index contributed by atoms with van der Waals surface area (Å²) in [5, 5.41) is 0. The lowest BCUT2D eigenvalue weighted by molar-refractivity contribution is -0.277. The summed E-state index contributed by atoms with van der Waals surface area (Å²) in [5.74, 6) is -1.18. The Kier molecular flexibility index (Phi) is 3.44. The first kappa shape index (κ1) is 13.5. The number of aryl methyl sites for hydroxylation is 1. The van der Waals surface area contributed by atoms with Crippen LogP contribution >= 0.6 is 0 Å². The molecule has 0 fully saturated rings. The van der Waals surface area contributed by atoms with Crippen molar-refractivity contribution in [1.82, 2.24) is 0 Å². The third kappa shape index (κ3) is 4.83. The van der Waals surface area contributed by atoms with Crippen molar-refractivity contribution in [3.05, 3.63) is 23.8 Å². The second-order valence-corrected chi connectivity index (χ2v) is 3.02. The van der Waals surface area contributed by atoms with E-state index >= 15 is 0 Å². The van der Waals surface area contributed by atoms with Crippen LogP contribution in [0.15, 0.2) is 18.2 Å². The normalized spacial score (nSPS) is 12.4. The van der Waals surface area contributed by atoms with Gasteiger partial charge in [-0.25, -0.2) is 0 Å². The molecule has 0 spiro atoms. The Labute approximate surface area is 91.7 Å². The van der Waals surface area contributed by atoms with Crippen LogP contribution in [-0.2, 0) is 0 Å². The molecule has 0 bridgehead atoms. The highest BCUT2D eigenvalue weighted by Gasteiger charge is 2.33. The molecule has 17 heavy (non-hydrogen) atoms. The van der Waals surface area contributed by atoms with Crippen LogP contribution in [0.25, 0.3) is 0 Å². The monoisotopic (exact) mass is 260 g/mol. The molecule has 0 saturated heterocycles. The van der Waals surface area contributed by atoms with Crippen molar-refractivity contribution >= 4 is 0 Å². The largest absolute Gasteiger partial charge is 0.573 e. The van der Waals surface area contributed by atoms with Gasteiger partial charge >= 0.3 is 12.7 Å². The van der Waals surface area contributed by atoms with Crippen molar-refractivity contribution in [3.8, 4) is 11.5 Å². The first-order chi connectivity index (χ1) is 7.57.